The molecule has 0 saturated carbocycles. The molecule has 1 rings (SSSR count). The summed E-state index contributed by atoms with van der Waals surface area (Å²) in [6.07, 6.45) is 3.77. The molecule has 4 heteroatoms. The van der Waals surface area contributed by atoms with Crippen LogP contribution in [0.25, 0.3) is 0 Å². The van der Waals surface area contributed by atoms with Gasteiger partial charge in [0.1, 0.15) is 5.69 Å². The van der Waals surface area contributed by atoms with E-state index in [2.05, 4.69) is 17.1 Å². The van der Waals surface area contributed by atoms with Crippen LogP contribution < -0.4 is 0 Å². The van der Waals surface area contributed by atoms with Crippen LogP contribution in [0.1, 0.15) is 49.2 Å². The van der Waals surface area contributed by atoms with Gasteiger partial charge in [0.25, 0.3) is 0 Å². The van der Waals surface area contributed by atoms with Crippen molar-refractivity contribution in [3.05, 3.63) is 27.4 Å². The van der Waals surface area contributed by atoms with E-state index in [1.807, 2.05) is 6.92 Å². The zero-order chi connectivity index (χ0) is 12.8. The summed E-state index contributed by atoms with van der Waals surface area (Å²) >= 11 is 0. The summed E-state index contributed by atoms with van der Waals surface area (Å²) in [6.45, 7) is 5.77. The Morgan fingerprint density at radius 3 is 2.47 bits per heavy atom. The van der Waals surface area contributed by atoms with Gasteiger partial charge in [-0.15, -0.1) is 4.91 Å². The summed E-state index contributed by atoms with van der Waals surface area (Å²) in [5.41, 5.74) is 3.58. The van der Waals surface area contributed by atoms with Gasteiger partial charge in [0.15, 0.2) is 0 Å². The van der Waals surface area contributed by atoms with Gasteiger partial charge in [0.05, 0.1) is 12.3 Å². The maximum Gasteiger partial charge on any atom is 0.134 e. The quantitative estimate of drug-likeness (QED) is 0.771. The Balaban J connectivity index is 3.34. The van der Waals surface area contributed by atoms with Crippen LogP contribution in [0.5, 0.6) is 0 Å². The van der Waals surface area contributed by atoms with Crippen LogP contribution in [0.4, 0.5) is 5.69 Å². The number of hydrogen-bond donors (Lipinski definition) is 1. The highest BCUT2D eigenvalue weighted by Crippen LogP contribution is 2.29. The predicted molar refractivity (Wildman–Crippen MR) is 68.3 cm³/mol. The second kappa shape index (κ2) is 6.45. The van der Waals surface area contributed by atoms with Gasteiger partial charge in [-0.2, -0.15) is 0 Å². The van der Waals surface area contributed by atoms with E-state index in [1.54, 1.807) is 6.92 Å². The van der Waals surface area contributed by atoms with E-state index in [-0.39, 0.29) is 6.61 Å². The lowest BCUT2D eigenvalue weighted by Gasteiger charge is -2.14. The van der Waals surface area contributed by atoms with Crippen LogP contribution >= 0.6 is 0 Å². The van der Waals surface area contributed by atoms with Crippen LogP contribution in [0, 0.1) is 11.8 Å². The molecule has 0 saturated heterocycles. The first-order valence-corrected chi connectivity index (χ1v) is 6.14. The van der Waals surface area contributed by atoms with E-state index in [9.17, 15) is 10.0 Å². The van der Waals surface area contributed by atoms with E-state index in [4.69, 9.17) is 0 Å². The second-order valence-corrected chi connectivity index (χ2v) is 4.16. The molecule has 1 aromatic rings. The van der Waals surface area contributed by atoms with Crippen molar-refractivity contribution >= 4 is 5.69 Å². The van der Waals surface area contributed by atoms with Crippen molar-refractivity contribution in [2.45, 2.75) is 53.1 Å². The minimum atomic E-state index is -0.142. The van der Waals surface area contributed by atoms with Gasteiger partial charge < -0.3 is 5.11 Å². The molecule has 4 nitrogen and oxygen atoms in total. The normalized spacial score (nSPS) is 10.6. The SMILES string of the molecule is CCCCc1c(CC)nc(C)c(N=O)c1CO. The maximum atomic E-state index is 10.8. The molecule has 0 aliphatic carbocycles. The number of nitroso groups, excluding NO2 is 1. The molecule has 0 radical (unpaired) electrons. The molecule has 0 aliphatic heterocycles. The average molecular weight is 236 g/mol. The van der Waals surface area contributed by atoms with E-state index >= 15 is 0 Å². The lowest BCUT2D eigenvalue weighted by atomic mass is 9.97. The van der Waals surface area contributed by atoms with Crippen molar-refractivity contribution in [1.82, 2.24) is 4.98 Å². The van der Waals surface area contributed by atoms with Crippen molar-refractivity contribution in [2.24, 2.45) is 5.18 Å². The first-order valence-electron chi connectivity index (χ1n) is 6.14. The number of unbranched alkanes of at least 4 members (excludes halogenated alkanes) is 1. The zero-order valence-corrected chi connectivity index (χ0v) is 10.8. The Bertz CT molecular complexity index is 403. The predicted octanol–water partition coefficient (Wildman–Crippen LogP) is 3.19. The van der Waals surface area contributed by atoms with E-state index < -0.39 is 0 Å². The third-order valence-corrected chi connectivity index (χ3v) is 3.01. The van der Waals surface area contributed by atoms with Gasteiger partial charge in [0.2, 0.25) is 0 Å². The minimum Gasteiger partial charge on any atom is -0.392 e. The van der Waals surface area contributed by atoms with Crippen molar-refractivity contribution in [3.8, 4) is 0 Å². The molecule has 0 atom stereocenters. The van der Waals surface area contributed by atoms with Gasteiger partial charge in [-0.3, -0.25) is 4.98 Å². The summed E-state index contributed by atoms with van der Waals surface area (Å²) in [7, 11) is 0. The molecule has 0 aromatic carbocycles. The number of nitrogens with zero attached hydrogens (tertiary/aromatic N) is 2. The Kier molecular flexibility index (Phi) is 5.22. The topological polar surface area (TPSA) is 62.5 Å². The van der Waals surface area contributed by atoms with Gasteiger partial charge in [-0.1, -0.05) is 20.3 Å². The molecular formula is C13H20N2O2. The smallest absolute Gasteiger partial charge is 0.134 e. The molecule has 1 N–H and O–H groups in total. The first kappa shape index (κ1) is 13.8. The van der Waals surface area contributed by atoms with Crippen molar-refractivity contribution in [1.29, 1.82) is 0 Å². The van der Waals surface area contributed by atoms with Gasteiger partial charge >= 0.3 is 0 Å². The summed E-state index contributed by atoms with van der Waals surface area (Å²) < 4.78 is 0. The lowest BCUT2D eigenvalue weighted by molar-refractivity contribution is 0.280. The number of rotatable bonds is 6. The number of aliphatic hydroxyl groups excluding tert-OH is 1. The summed E-state index contributed by atoms with van der Waals surface area (Å²) in [5, 5.41) is 12.5. The Morgan fingerprint density at radius 2 is 2.00 bits per heavy atom. The molecule has 1 heterocycles. The number of aromatic nitrogens is 1. The molecular weight excluding hydrogens is 216 g/mol. The zero-order valence-electron chi connectivity index (χ0n) is 10.8. The second-order valence-electron chi connectivity index (χ2n) is 4.16. The molecule has 1 aromatic heterocycles. The molecule has 0 bridgehead atoms. The highest BCUT2D eigenvalue weighted by atomic mass is 16.3. The van der Waals surface area contributed by atoms with Crippen LogP contribution in [0.15, 0.2) is 5.18 Å². The lowest BCUT2D eigenvalue weighted by Crippen LogP contribution is -2.05. The summed E-state index contributed by atoms with van der Waals surface area (Å²) in [6, 6.07) is 0. The third kappa shape index (κ3) is 2.88. The van der Waals surface area contributed by atoms with Gasteiger partial charge in [-0.05, 0) is 36.9 Å². The van der Waals surface area contributed by atoms with Crippen LogP contribution in [-0.4, -0.2) is 10.1 Å². The molecule has 94 valence electrons. The summed E-state index contributed by atoms with van der Waals surface area (Å²) in [4.78, 5) is 15.3. The molecule has 0 aliphatic rings. The molecule has 0 spiro atoms. The highest BCUT2D eigenvalue weighted by Gasteiger charge is 2.16. The standard InChI is InChI=1S/C13H20N2O2/c1-4-6-7-10-11(8-16)13(15-17)9(3)14-12(10)5-2/h16H,4-8H2,1-3H3. The first-order chi connectivity index (χ1) is 8.19. The van der Waals surface area contributed by atoms with Crippen LogP contribution in [0.3, 0.4) is 0 Å². The fourth-order valence-corrected chi connectivity index (χ4v) is 2.09. The number of aryl methyl sites for hydroxylation is 2. The van der Waals surface area contributed by atoms with Crippen LogP contribution in [-0.2, 0) is 19.4 Å². The Morgan fingerprint density at radius 1 is 1.29 bits per heavy atom. The Hall–Kier alpha value is -1.29. The van der Waals surface area contributed by atoms with Crippen molar-refractivity contribution < 1.29 is 5.11 Å². The van der Waals surface area contributed by atoms with Crippen molar-refractivity contribution in [3.63, 3.8) is 0 Å². The van der Waals surface area contributed by atoms with E-state index in [0.29, 0.717) is 16.9 Å². The van der Waals surface area contributed by atoms with Crippen molar-refractivity contribution in [2.75, 3.05) is 0 Å². The molecule has 17 heavy (non-hydrogen) atoms. The Labute approximate surface area is 102 Å². The monoisotopic (exact) mass is 236 g/mol. The van der Waals surface area contributed by atoms with E-state index in [1.165, 1.54) is 0 Å². The molecule has 0 fully saturated rings. The minimum absolute atomic E-state index is 0.142. The van der Waals surface area contributed by atoms with Gasteiger partial charge in [-0.25, -0.2) is 0 Å². The fraction of sp³-hybridized carbons (Fsp3) is 0.615. The summed E-state index contributed by atoms with van der Waals surface area (Å²) in [5.74, 6) is 0. The third-order valence-electron chi connectivity index (χ3n) is 3.01. The fourth-order valence-electron chi connectivity index (χ4n) is 2.09. The van der Waals surface area contributed by atoms with Crippen LogP contribution in [0.2, 0.25) is 0 Å². The van der Waals surface area contributed by atoms with E-state index in [0.717, 1.165) is 36.9 Å². The maximum absolute atomic E-state index is 10.8. The average Bonchev–Trinajstić information content (AvgIpc) is 2.35. The number of aliphatic hydroxyl groups is 1. The van der Waals surface area contributed by atoms with Gasteiger partial charge in [0, 0.05) is 11.3 Å². The largest absolute Gasteiger partial charge is 0.392 e. The number of hydrogen-bond acceptors (Lipinski definition) is 4. The highest BCUT2D eigenvalue weighted by molar-refractivity contribution is 5.54. The molecule has 0 unspecified atom stereocenters. The number of pyridine rings is 1. The molecule has 0 amide bonds.